The van der Waals surface area contributed by atoms with Gasteiger partial charge in [-0.05, 0) is 87.8 Å². The van der Waals surface area contributed by atoms with E-state index in [9.17, 15) is 42.3 Å². The Morgan fingerprint density at radius 3 is 2.27 bits per heavy atom. The lowest BCUT2D eigenvalue weighted by Gasteiger charge is -2.34. The van der Waals surface area contributed by atoms with Crippen LogP contribution in [0.5, 0.6) is 0 Å². The number of halogens is 3. The first-order chi connectivity index (χ1) is 28.5. The Morgan fingerprint density at radius 1 is 0.933 bits per heavy atom. The van der Waals surface area contributed by atoms with Gasteiger partial charge in [-0.15, -0.1) is 0 Å². The molecule has 2 saturated heterocycles. The summed E-state index contributed by atoms with van der Waals surface area (Å²) in [6, 6.07) is 7.21. The van der Waals surface area contributed by atoms with Crippen LogP contribution in [0.25, 0.3) is 0 Å². The normalized spacial score (nSPS) is 16.6. The van der Waals surface area contributed by atoms with Gasteiger partial charge in [0, 0.05) is 51.6 Å². The predicted molar refractivity (Wildman–Crippen MR) is 212 cm³/mol. The molecule has 326 valence electrons. The molecule has 0 unspecified atom stereocenters. The average Bonchev–Trinajstić information content (AvgIpc) is 3.71. The number of benzene rings is 1. The highest BCUT2D eigenvalue weighted by atomic mass is 19.4. The number of piperidine rings is 1. The molecular weight excluding hydrogens is 791 g/mol. The number of nitrogens with one attached hydrogen (secondary N) is 3. The number of hydrogen-bond donors (Lipinski definition) is 7. The van der Waals surface area contributed by atoms with E-state index in [1.165, 1.54) is 6.07 Å². The number of amides is 3. The SMILES string of the molecule is N#Cc1ccc(CCNC(=O)[C@@H]2CCCN2c2cc(N3CCC(CCCC(=O)N[C@H](CCCN=C(N)N)C(=O)N[C@H](CCC(=O)O)C(=O)O)CC3)nc(C(F)(F)F)n2)cc1. The zero-order chi connectivity index (χ0) is 43.8. The van der Waals surface area contributed by atoms with Crippen LogP contribution in [0.4, 0.5) is 24.8 Å². The highest BCUT2D eigenvalue weighted by Crippen LogP contribution is 2.34. The minimum absolute atomic E-state index is 0.0205. The summed E-state index contributed by atoms with van der Waals surface area (Å²) < 4.78 is 42.3. The summed E-state index contributed by atoms with van der Waals surface area (Å²) in [6.45, 7) is 1.59. The van der Waals surface area contributed by atoms with Crippen molar-refractivity contribution in [3.05, 3.63) is 47.3 Å². The highest BCUT2D eigenvalue weighted by Gasteiger charge is 2.39. The number of carbonyl (C=O) groups excluding carboxylic acids is 3. The van der Waals surface area contributed by atoms with Gasteiger partial charge in [0.15, 0.2) is 5.96 Å². The van der Waals surface area contributed by atoms with Crippen molar-refractivity contribution in [2.75, 3.05) is 42.5 Å². The Hall–Kier alpha value is -6.20. The Bertz CT molecular complexity index is 1880. The number of guanidine groups is 1. The molecule has 0 saturated carbocycles. The maximum absolute atomic E-state index is 14.1. The number of anilines is 2. The van der Waals surface area contributed by atoms with Gasteiger partial charge in [-0.3, -0.25) is 24.2 Å². The summed E-state index contributed by atoms with van der Waals surface area (Å²) in [5, 5.41) is 35.2. The van der Waals surface area contributed by atoms with E-state index in [-0.39, 0.29) is 61.6 Å². The number of aliphatic carboxylic acids is 2. The first-order valence-corrected chi connectivity index (χ1v) is 19.9. The van der Waals surface area contributed by atoms with E-state index < -0.39 is 60.3 Å². The zero-order valence-corrected chi connectivity index (χ0v) is 33.1. The molecule has 60 heavy (non-hydrogen) atoms. The number of alkyl halides is 3. The summed E-state index contributed by atoms with van der Waals surface area (Å²) in [5.74, 6) is -5.40. The van der Waals surface area contributed by atoms with E-state index in [1.54, 1.807) is 34.1 Å². The molecule has 1 aromatic carbocycles. The van der Waals surface area contributed by atoms with Gasteiger partial charge in [-0.25, -0.2) is 14.8 Å². The topological polar surface area (TPSA) is 282 Å². The number of carbonyl (C=O) groups is 5. The number of hydrogen-bond acceptors (Lipinski definition) is 11. The van der Waals surface area contributed by atoms with Crippen LogP contribution in [0, 0.1) is 17.2 Å². The number of aromatic nitrogens is 2. The largest absolute Gasteiger partial charge is 0.481 e. The molecule has 3 amide bonds. The van der Waals surface area contributed by atoms with E-state index >= 15 is 0 Å². The van der Waals surface area contributed by atoms with Crippen molar-refractivity contribution in [1.29, 1.82) is 5.26 Å². The standard InChI is InChI=1S/C39H52F3N11O7/c40-39(41,42)37-50-30(22-31(51-37)53-19-3-6-29(53)35(58)46-18-14-25-8-10-26(23-43)11-9-25)52-20-15-24(16-21-52)4-1-7-32(54)48-27(5-2-17-47-38(44)45)34(57)49-28(36(59)60)12-13-33(55)56/h8-11,22,24,27-29H,1-7,12-21H2,(H,46,58)(H,48,54)(H,49,57)(H,55,56)(H,59,60)(H4,44,45,47)/t27-,28-,29+/m1/s1. The highest BCUT2D eigenvalue weighted by molar-refractivity contribution is 5.90. The number of rotatable bonds is 21. The lowest BCUT2D eigenvalue weighted by atomic mass is 9.91. The molecule has 4 rings (SSSR count). The zero-order valence-electron chi connectivity index (χ0n) is 33.1. The molecule has 21 heteroatoms. The van der Waals surface area contributed by atoms with E-state index in [0.717, 1.165) is 5.56 Å². The molecule has 1 aromatic heterocycles. The van der Waals surface area contributed by atoms with Crippen molar-refractivity contribution in [2.24, 2.45) is 22.4 Å². The van der Waals surface area contributed by atoms with Gasteiger partial charge in [-0.1, -0.05) is 12.1 Å². The fourth-order valence-electron chi connectivity index (χ4n) is 7.20. The predicted octanol–water partition coefficient (Wildman–Crippen LogP) is 2.05. The Kier molecular flexibility index (Phi) is 17.2. The summed E-state index contributed by atoms with van der Waals surface area (Å²) in [6.07, 6.45) is -1.45. The minimum Gasteiger partial charge on any atom is -0.481 e. The van der Waals surface area contributed by atoms with E-state index in [2.05, 4.69) is 37.0 Å². The molecule has 2 aliphatic heterocycles. The summed E-state index contributed by atoms with van der Waals surface area (Å²) >= 11 is 0. The molecule has 0 bridgehead atoms. The van der Waals surface area contributed by atoms with Crippen molar-refractivity contribution in [2.45, 2.75) is 101 Å². The van der Waals surface area contributed by atoms with Crippen LogP contribution in [0.2, 0.25) is 0 Å². The number of carboxylic acids is 2. The third-order valence-electron chi connectivity index (χ3n) is 10.4. The van der Waals surface area contributed by atoms with E-state index in [1.807, 2.05) is 0 Å². The van der Waals surface area contributed by atoms with Crippen molar-refractivity contribution in [3.8, 4) is 6.07 Å². The monoisotopic (exact) mass is 843 g/mol. The first kappa shape index (κ1) is 46.5. The molecule has 0 radical (unpaired) electrons. The summed E-state index contributed by atoms with van der Waals surface area (Å²) in [5.41, 5.74) is 12.2. The first-order valence-electron chi connectivity index (χ1n) is 19.9. The third kappa shape index (κ3) is 14.6. The van der Waals surface area contributed by atoms with E-state index in [0.29, 0.717) is 76.7 Å². The van der Waals surface area contributed by atoms with Gasteiger partial charge in [0.25, 0.3) is 0 Å². The molecule has 2 fully saturated rings. The quantitative estimate of drug-likeness (QED) is 0.0538. The number of nitrogens with two attached hydrogens (primary N) is 2. The number of aliphatic imine (C=N–C) groups is 1. The molecule has 9 N–H and O–H groups in total. The summed E-state index contributed by atoms with van der Waals surface area (Å²) in [7, 11) is 0. The second kappa shape index (κ2) is 22.2. The van der Waals surface area contributed by atoms with Crippen LogP contribution in [0.15, 0.2) is 35.3 Å². The van der Waals surface area contributed by atoms with Crippen molar-refractivity contribution >= 4 is 47.3 Å². The second-order valence-corrected chi connectivity index (χ2v) is 14.8. The Morgan fingerprint density at radius 2 is 1.63 bits per heavy atom. The number of nitriles is 1. The molecule has 2 aromatic rings. The molecule has 0 aliphatic carbocycles. The van der Waals surface area contributed by atoms with Crippen LogP contribution in [0.3, 0.4) is 0 Å². The smallest absolute Gasteiger partial charge is 0.451 e. The maximum atomic E-state index is 14.1. The van der Waals surface area contributed by atoms with Gasteiger partial charge in [-0.2, -0.15) is 18.4 Å². The van der Waals surface area contributed by atoms with Crippen molar-refractivity contribution < 1.29 is 47.4 Å². The fraction of sp³-hybridized carbons (Fsp3) is 0.564. The van der Waals surface area contributed by atoms with Crippen LogP contribution in [-0.2, 0) is 36.6 Å². The van der Waals surface area contributed by atoms with Crippen LogP contribution in [-0.4, -0.2) is 107 Å². The van der Waals surface area contributed by atoms with Crippen molar-refractivity contribution in [1.82, 2.24) is 25.9 Å². The Balaban J connectivity index is 1.31. The van der Waals surface area contributed by atoms with Crippen LogP contribution >= 0.6 is 0 Å². The molecule has 3 heterocycles. The summed E-state index contributed by atoms with van der Waals surface area (Å²) in [4.78, 5) is 76.8. The third-order valence-corrected chi connectivity index (χ3v) is 10.4. The molecule has 3 atom stereocenters. The number of carboxylic acid groups (broad SMARTS) is 2. The number of nitrogens with zero attached hydrogens (tertiary/aromatic N) is 6. The van der Waals surface area contributed by atoms with Gasteiger partial charge in [0.05, 0.1) is 11.6 Å². The molecular formula is C39H52F3N11O7. The lowest BCUT2D eigenvalue weighted by Crippen LogP contribution is -2.51. The minimum atomic E-state index is -4.83. The van der Waals surface area contributed by atoms with Gasteiger partial charge < -0.3 is 47.4 Å². The van der Waals surface area contributed by atoms with Gasteiger partial charge in [0.1, 0.15) is 29.8 Å². The molecule has 0 spiro atoms. The molecule has 2 aliphatic rings. The van der Waals surface area contributed by atoms with Crippen LogP contribution < -0.4 is 37.2 Å². The van der Waals surface area contributed by atoms with Gasteiger partial charge >= 0.3 is 18.1 Å². The molecule has 18 nitrogen and oxygen atoms in total. The maximum Gasteiger partial charge on any atom is 0.451 e. The average molecular weight is 844 g/mol. The van der Waals surface area contributed by atoms with Crippen molar-refractivity contribution in [3.63, 3.8) is 0 Å². The lowest BCUT2D eigenvalue weighted by molar-refractivity contribution is -0.145. The Labute approximate surface area is 345 Å². The second-order valence-electron chi connectivity index (χ2n) is 14.8. The fourth-order valence-corrected chi connectivity index (χ4v) is 7.20. The van der Waals surface area contributed by atoms with E-state index in [4.69, 9.17) is 21.8 Å². The van der Waals surface area contributed by atoms with Crippen LogP contribution in [0.1, 0.15) is 87.6 Å². The van der Waals surface area contributed by atoms with Gasteiger partial charge in [0.2, 0.25) is 23.5 Å².